The highest BCUT2D eigenvalue weighted by Gasteiger charge is 2.36. The minimum atomic E-state index is -3.57. The average Bonchev–Trinajstić information content (AvgIpc) is 2.63. The van der Waals surface area contributed by atoms with E-state index in [0.717, 1.165) is 24.0 Å². The first-order valence-corrected chi connectivity index (χ1v) is 10.2. The molecule has 0 amide bonds. The molecular formula is C20H25NO3S. The first-order valence-electron chi connectivity index (χ1n) is 8.74. The Labute approximate surface area is 150 Å². The number of rotatable bonds is 5. The molecule has 0 radical (unpaired) electrons. The van der Waals surface area contributed by atoms with E-state index < -0.39 is 10.0 Å². The van der Waals surface area contributed by atoms with Crippen molar-refractivity contribution >= 4 is 10.0 Å². The molecular weight excluding hydrogens is 334 g/mol. The summed E-state index contributed by atoms with van der Waals surface area (Å²) in [6, 6.07) is 16.9. The highest BCUT2D eigenvalue weighted by atomic mass is 32.2. The first kappa shape index (κ1) is 18.1. The molecule has 2 aromatic rings. The van der Waals surface area contributed by atoms with E-state index in [1.165, 1.54) is 0 Å². The van der Waals surface area contributed by atoms with Gasteiger partial charge in [0.05, 0.1) is 4.90 Å². The Bertz CT molecular complexity index is 787. The Morgan fingerprint density at radius 3 is 2.36 bits per heavy atom. The summed E-state index contributed by atoms with van der Waals surface area (Å²) in [5, 5.41) is 9.54. The molecule has 5 heteroatoms. The largest absolute Gasteiger partial charge is 0.396 e. The summed E-state index contributed by atoms with van der Waals surface area (Å²) in [6.45, 7) is 2.35. The van der Waals surface area contributed by atoms with Crippen molar-refractivity contribution in [3.8, 4) is 0 Å². The van der Waals surface area contributed by atoms with E-state index in [0.29, 0.717) is 17.9 Å². The van der Waals surface area contributed by atoms with Crippen LogP contribution in [0, 0.1) is 12.8 Å². The predicted molar refractivity (Wildman–Crippen MR) is 98.8 cm³/mol. The van der Waals surface area contributed by atoms with Gasteiger partial charge in [-0.25, -0.2) is 8.42 Å². The van der Waals surface area contributed by atoms with Crippen LogP contribution >= 0.6 is 0 Å². The predicted octanol–water partition coefficient (Wildman–Crippen LogP) is 3.00. The Balaban J connectivity index is 1.90. The summed E-state index contributed by atoms with van der Waals surface area (Å²) >= 11 is 0. The molecule has 3 rings (SSSR count). The Kier molecular flexibility index (Phi) is 5.57. The van der Waals surface area contributed by atoms with Crippen molar-refractivity contribution in [2.45, 2.75) is 37.1 Å². The third kappa shape index (κ3) is 4.11. The van der Waals surface area contributed by atoms with Gasteiger partial charge in [0.25, 0.3) is 0 Å². The second kappa shape index (κ2) is 7.68. The Morgan fingerprint density at radius 2 is 1.72 bits per heavy atom. The number of piperidine rings is 1. The molecule has 0 bridgehead atoms. The maximum Gasteiger partial charge on any atom is 0.243 e. The van der Waals surface area contributed by atoms with Crippen molar-refractivity contribution in [1.29, 1.82) is 0 Å². The van der Waals surface area contributed by atoms with Gasteiger partial charge in [-0.05, 0) is 49.8 Å². The summed E-state index contributed by atoms with van der Waals surface area (Å²) in [5.74, 6) is 0.00671. The van der Waals surface area contributed by atoms with Crippen LogP contribution in [-0.4, -0.2) is 37.0 Å². The fourth-order valence-corrected chi connectivity index (χ4v) is 5.18. The molecule has 0 spiro atoms. The molecule has 1 N–H and O–H groups in total. The minimum Gasteiger partial charge on any atom is -0.396 e. The zero-order chi connectivity index (χ0) is 17.9. The van der Waals surface area contributed by atoms with Crippen molar-refractivity contribution < 1.29 is 13.5 Å². The lowest BCUT2D eigenvalue weighted by Gasteiger charge is -2.38. The normalized spacial score (nSPS) is 22.0. The van der Waals surface area contributed by atoms with Crippen LogP contribution in [0.2, 0.25) is 0 Å². The molecule has 0 saturated carbocycles. The lowest BCUT2D eigenvalue weighted by Crippen LogP contribution is -2.48. The van der Waals surface area contributed by atoms with E-state index in [2.05, 4.69) is 0 Å². The SMILES string of the molecule is Cc1ccc(S(=O)(=O)N2CC(CO)CC[C@@H]2Cc2ccccc2)cc1. The zero-order valence-electron chi connectivity index (χ0n) is 14.5. The van der Waals surface area contributed by atoms with E-state index in [9.17, 15) is 13.5 Å². The van der Waals surface area contributed by atoms with Crippen LogP contribution in [0.1, 0.15) is 24.0 Å². The number of aliphatic hydroxyl groups is 1. The minimum absolute atomic E-state index is 0.00671. The van der Waals surface area contributed by atoms with Crippen LogP contribution in [0.5, 0.6) is 0 Å². The topological polar surface area (TPSA) is 57.6 Å². The number of aryl methyl sites for hydroxylation is 1. The van der Waals surface area contributed by atoms with E-state index in [4.69, 9.17) is 0 Å². The third-order valence-corrected chi connectivity index (χ3v) is 6.89. The van der Waals surface area contributed by atoms with Gasteiger partial charge in [-0.2, -0.15) is 4.31 Å². The lowest BCUT2D eigenvalue weighted by molar-refractivity contribution is 0.132. The first-order chi connectivity index (χ1) is 12.0. The van der Waals surface area contributed by atoms with Crippen LogP contribution in [0.25, 0.3) is 0 Å². The molecule has 1 aliphatic heterocycles. The molecule has 1 unspecified atom stereocenters. The van der Waals surface area contributed by atoms with Crippen molar-refractivity contribution in [1.82, 2.24) is 4.31 Å². The lowest BCUT2D eigenvalue weighted by atomic mass is 9.92. The highest BCUT2D eigenvalue weighted by Crippen LogP contribution is 2.30. The summed E-state index contributed by atoms with van der Waals surface area (Å²) < 4.78 is 28.0. The molecule has 1 saturated heterocycles. The summed E-state index contributed by atoms with van der Waals surface area (Å²) in [5.41, 5.74) is 2.17. The smallest absolute Gasteiger partial charge is 0.243 e. The molecule has 0 aliphatic carbocycles. The molecule has 25 heavy (non-hydrogen) atoms. The fraction of sp³-hybridized carbons (Fsp3) is 0.400. The van der Waals surface area contributed by atoms with Gasteiger partial charge < -0.3 is 5.11 Å². The van der Waals surface area contributed by atoms with Gasteiger partial charge in [0.15, 0.2) is 0 Å². The number of nitrogens with zero attached hydrogens (tertiary/aromatic N) is 1. The molecule has 0 aromatic heterocycles. The Hall–Kier alpha value is -1.69. The van der Waals surface area contributed by atoms with Gasteiger partial charge in [-0.15, -0.1) is 0 Å². The third-order valence-electron chi connectivity index (χ3n) is 4.95. The van der Waals surface area contributed by atoms with E-state index in [-0.39, 0.29) is 18.6 Å². The summed E-state index contributed by atoms with van der Waals surface area (Å²) in [4.78, 5) is 0.328. The standard InChI is InChI=1S/C20H25NO3S/c1-16-7-11-20(12-8-16)25(23,24)21-14-18(15-22)9-10-19(21)13-17-5-3-2-4-6-17/h2-8,11-12,18-19,22H,9-10,13-15H2,1H3/t18?,19-/m1/s1. The zero-order valence-corrected chi connectivity index (χ0v) is 15.3. The second-order valence-corrected chi connectivity index (χ2v) is 8.75. The number of sulfonamides is 1. The van der Waals surface area contributed by atoms with Gasteiger partial charge in [0, 0.05) is 19.2 Å². The van der Waals surface area contributed by atoms with Crippen molar-refractivity contribution in [2.75, 3.05) is 13.2 Å². The van der Waals surface area contributed by atoms with Gasteiger partial charge in [-0.1, -0.05) is 48.0 Å². The van der Waals surface area contributed by atoms with Crippen molar-refractivity contribution in [3.63, 3.8) is 0 Å². The molecule has 1 aliphatic rings. The van der Waals surface area contributed by atoms with E-state index >= 15 is 0 Å². The maximum absolute atomic E-state index is 13.2. The van der Waals surface area contributed by atoms with Gasteiger partial charge in [0.2, 0.25) is 10.0 Å². The number of hydrogen-bond acceptors (Lipinski definition) is 3. The second-order valence-electron chi connectivity index (χ2n) is 6.86. The molecule has 1 fully saturated rings. The van der Waals surface area contributed by atoms with Crippen LogP contribution in [0.4, 0.5) is 0 Å². The van der Waals surface area contributed by atoms with Crippen LogP contribution < -0.4 is 0 Å². The van der Waals surface area contributed by atoms with E-state index in [1.807, 2.05) is 49.4 Å². The fourth-order valence-electron chi connectivity index (χ4n) is 3.45. The van der Waals surface area contributed by atoms with Crippen LogP contribution in [-0.2, 0) is 16.4 Å². The van der Waals surface area contributed by atoms with Crippen LogP contribution in [0.15, 0.2) is 59.5 Å². The quantitative estimate of drug-likeness (QED) is 0.893. The summed E-state index contributed by atoms with van der Waals surface area (Å²) in [6.07, 6.45) is 2.32. The van der Waals surface area contributed by atoms with Gasteiger partial charge in [0.1, 0.15) is 0 Å². The number of aliphatic hydroxyl groups excluding tert-OH is 1. The average molecular weight is 359 g/mol. The molecule has 2 aromatic carbocycles. The van der Waals surface area contributed by atoms with Gasteiger partial charge >= 0.3 is 0 Å². The maximum atomic E-state index is 13.2. The van der Waals surface area contributed by atoms with Crippen molar-refractivity contribution in [3.05, 3.63) is 65.7 Å². The van der Waals surface area contributed by atoms with Crippen molar-refractivity contribution in [2.24, 2.45) is 5.92 Å². The van der Waals surface area contributed by atoms with E-state index in [1.54, 1.807) is 16.4 Å². The number of hydrogen-bond donors (Lipinski definition) is 1. The molecule has 134 valence electrons. The van der Waals surface area contributed by atoms with Crippen LogP contribution in [0.3, 0.4) is 0 Å². The molecule has 4 nitrogen and oxygen atoms in total. The molecule has 1 heterocycles. The number of benzene rings is 2. The highest BCUT2D eigenvalue weighted by molar-refractivity contribution is 7.89. The molecule has 2 atom stereocenters. The summed E-state index contributed by atoms with van der Waals surface area (Å²) in [7, 11) is -3.57. The Morgan fingerprint density at radius 1 is 1.04 bits per heavy atom. The van der Waals surface area contributed by atoms with Gasteiger partial charge in [-0.3, -0.25) is 0 Å². The monoisotopic (exact) mass is 359 g/mol.